The Balaban J connectivity index is 2.29. The molecule has 0 unspecified atom stereocenters. The Bertz CT molecular complexity index is 1020. The van der Waals surface area contributed by atoms with Crippen LogP contribution in [0.25, 0.3) is 0 Å². The molecule has 0 aromatic heterocycles. The molecule has 2 aromatic carbocycles. The molecule has 2 amide bonds. The van der Waals surface area contributed by atoms with Crippen LogP contribution in [0.4, 0.5) is 11.4 Å². The van der Waals surface area contributed by atoms with Crippen LogP contribution in [0.1, 0.15) is 29.8 Å². The number of hydrogen-bond acceptors (Lipinski definition) is 4. The molecule has 7 nitrogen and oxygen atoms in total. The number of nitrogens with zero attached hydrogens (tertiary/aromatic N) is 1. The van der Waals surface area contributed by atoms with Crippen LogP contribution >= 0.6 is 11.6 Å². The molecule has 2 rings (SSSR count). The number of nitrogens with one attached hydrogen (secondary N) is 2. The van der Waals surface area contributed by atoms with Crippen LogP contribution in [0.3, 0.4) is 0 Å². The zero-order chi connectivity index (χ0) is 21.8. The van der Waals surface area contributed by atoms with Crippen molar-refractivity contribution in [2.75, 3.05) is 22.4 Å². The Labute approximate surface area is 176 Å². The Morgan fingerprint density at radius 3 is 2.38 bits per heavy atom. The number of carbonyl (C=O) groups is 2. The van der Waals surface area contributed by atoms with E-state index in [0.717, 1.165) is 10.6 Å². The molecule has 0 saturated heterocycles. The zero-order valence-electron chi connectivity index (χ0n) is 16.7. The van der Waals surface area contributed by atoms with Crippen LogP contribution in [0.15, 0.2) is 42.5 Å². The largest absolute Gasteiger partial charge is 0.350 e. The molecule has 29 heavy (non-hydrogen) atoms. The van der Waals surface area contributed by atoms with Gasteiger partial charge in [-0.1, -0.05) is 29.8 Å². The second-order valence-corrected chi connectivity index (χ2v) is 9.19. The van der Waals surface area contributed by atoms with Gasteiger partial charge in [0, 0.05) is 11.1 Å². The fourth-order valence-electron chi connectivity index (χ4n) is 2.70. The summed E-state index contributed by atoms with van der Waals surface area (Å²) in [7, 11) is -3.75. The van der Waals surface area contributed by atoms with Gasteiger partial charge in [-0.05, 0) is 50.6 Å². The van der Waals surface area contributed by atoms with E-state index in [4.69, 9.17) is 11.6 Å². The Hall–Kier alpha value is -2.58. The third-order valence-electron chi connectivity index (χ3n) is 4.06. The molecule has 2 N–H and O–H groups in total. The molecule has 9 heteroatoms. The Kier molecular flexibility index (Phi) is 7.26. The first-order valence-corrected chi connectivity index (χ1v) is 11.2. The monoisotopic (exact) mass is 437 g/mol. The lowest BCUT2D eigenvalue weighted by Gasteiger charge is -2.24. The first kappa shape index (κ1) is 22.7. The van der Waals surface area contributed by atoms with Gasteiger partial charge in [0.1, 0.15) is 6.54 Å². The number of sulfonamides is 1. The third kappa shape index (κ3) is 5.95. The van der Waals surface area contributed by atoms with Crippen molar-refractivity contribution in [2.45, 2.75) is 26.8 Å². The first-order chi connectivity index (χ1) is 13.5. The average Bonchev–Trinajstić information content (AvgIpc) is 2.61. The van der Waals surface area contributed by atoms with Crippen molar-refractivity contribution >= 4 is 44.8 Å². The molecule has 0 fully saturated rings. The highest BCUT2D eigenvalue weighted by atomic mass is 35.5. The number of hydrogen-bond donors (Lipinski definition) is 2. The summed E-state index contributed by atoms with van der Waals surface area (Å²) in [4.78, 5) is 25.0. The quantitative estimate of drug-likeness (QED) is 0.695. The average molecular weight is 438 g/mol. The normalized spacial score (nSPS) is 11.2. The maximum atomic E-state index is 12.7. The minimum absolute atomic E-state index is 0.0715. The first-order valence-electron chi connectivity index (χ1n) is 8.93. The van der Waals surface area contributed by atoms with Gasteiger partial charge < -0.3 is 10.6 Å². The van der Waals surface area contributed by atoms with Gasteiger partial charge in [0.2, 0.25) is 15.9 Å². The minimum atomic E-state index is -3.75. The van der Waals surface area contributed by atoms with Crippen molar-refractivity contribution in [3.8, 4) is 0 Å². The number of rotatable bonds is 7. The molecular formula is C20H24ClN3O4S. The van der Waals surface area contributed by atoms with Gasteiger partial charge in [-0.15, -0.1) is 0 Å². The second kappa shape index (κ2) is 9.28. The van der Waals surface area contributed by atoms with Crippen molar-refractivity contribution in [3.05, 3.63) is 58.6 Å². The number of halogens is 1. The highest BCUT2D eigenvalue weighted by Crippen LogP contribution is 2.28. The summed E-state index contributed by atoms with van der Waals surface area (Å²) in [5.74, 6) is -0.916. The van der Waals surface area contributed by atoms with Gasteiger partial charge in [-0.2, -0.15) is 0 Å². The summed E-state index contributed by atoms with van der Waals surface area (Å²) in [5.41, 5.74) is 1.45. The molecule has 2 aromatic rings. The van der Waals surface area contributed by atoms with Gasteiger partial charge in [-0.25, -0.2) is 8.42 Å². The van der Waals surface area contributed by atoms with E-state index in [-0.39, 0.29) is 11.9 Å². The molecule has 156 valence electrons. The number of anilines is 2. The summed E-state index contributed by atoms with van der Waals surface area (Å²) in [5, 5.41) is 5.79. The van der Waals surface area contributed by atoms with E-state index in [1.807, 2.05) is 13.8 Å². The van der Waals surface area contributed by atoms with E-state index in [1.165, 1.54) is 0 Å². The van der Waals surface area contributed by atoms with Gasteiger partial charge >= 0.3 is 0 Å². The SMILES string of the molecule is Cc1c(Cl)cccc1N(CC(=O)Nc1ccccc1C(=O)NC(C)C)S(C)(=O)=O. The van der Waals surface area contributed by atoms with Gasteiger partial charge in [0.25, 0.3) is 5.91 Å². The zero-order valence-corrected chi connectivity index (χ0v) is 18.3. The molecule has 0 aliphatic carbocycles. The predicted molar refractivity (Wildman–Crippen MR) is 116 cm³/mol. The summed E-state index contributed by atoms with van der Waals surface area (Å²) in [6.07, 6.45) is 1.02. The van der Waals surface area contributed by atoms with E-state index in [2.05, 4.69) is 10.6 Å². The van der Waals surface area contributed by atoms with Crippen LogP contribution in [0, 0.1) is 6.92 Å². The Morgan fingerprint density at radius 2 is 1.76 bits per heavy atom. The fraction of sp³-hybridized carbons (Fsp3) is 0.300. The molecular weight excluding hydrogens is 414 g/mol. The maximum absolute atomic E-state index is 12.7. The van der Waals surface area contributed by atoms with E-state index in [1.54, 1.807) is 49.4 Å². The van der Waals surface area contributed by atoms with Crippen molar-refractivity contribution < 1.29 is 18.0 Å². The molecule has 0 bridgehead atoms. The predicted octanol–water partition coefficient (Wildman–Crippen LogP) is 3.19. The van der Waals surface area contributed by atoms with Crippen molar-refractivity contribution in [3.63, 3.8) is 0 Å². The highest BCUT2D eigenvalue weighted by molar-refractivity contribution is 7.92. The van der Waals surface area contributed by atoms with Crippen LogP contribution in [-0.4, -0.2) is 39.1 Å². The lowest BCUT2D eigenvalue weighted by Crippen LogP contribution is -2.38. The van der Waals surface area contributed by atoms with E-state index in [0.29, 0.717) is 27.5 Å². The van der Waals surface area contributed by atoms with Crippen molar-refractivity contribution in [2.24, 2.45) is 0 Å². The van der Waals surface area contributed by atoms with E-state index in [9.17, 15) is 18.0 Å². The third-order valence-corrected chi connectivity index (χ3v) is 5.60. The van der Waals surface area contributed by atoms with Gasteiger partial charge in [0.05, 0.1) is 23.2 Å². The van der Waals surface area contributed by atoms with Crippen LogP contribution in [0.5, 0.6) is 0 Å². The van der Waals surface area contributed by atoms with Crippen LogP contribution < -0.4 is 14.9 Å². The molecule has 0 aliphatic heterocycles. The van der Waals surface area contributed by atoms with Gasteiger partial charge in [-0.3, -0.25) is 13.9 Å². The summed E-state index contributed by atoms with van der Waals surface area (Å²) in [6.45, 7) is 4.88. The summed E-state index contributed by atoms with van der Waals surface area (Å²) < 4.78 is 25.6. The van der Waals surface area contributed by atoms with E-state index < -0.39 is 22.5 Å². The van der Waals surface area contributed by atoms with Crippen molar-refractivity contribution in [1.29, 1.82) is 0 Å². The molecule has 0 radical (unpaired) electrons. The highest BCUT2D eigenvalue weighted by Gasteiger charge is 2.24. The van der Waals surface area contributed by atoms with E-state index >= 15 is 0 Å². The number of para-hydroxylation sites is 1. The fourth-order valence-corrected chi connectivity index (χ4v) is 3.77. The van der Waals surface area contributed by atoms with Gasteiger partial charge in [0.15, 0.2) is 0 Å². The smallest absolute Gasteiger partial charge is 0.253 e. The standard InChI is InChI=1S/C20H24ClN3O4S/c1-13(2)22-20(26)15-8-5-6-10-17(15)23-19(25)12-24(29(4,27)28)18-11-7-9-16(21)14(18)3/h5-11,13H,12H2,1-4H3,(H,22,26)(H,23,25). The second-order valence-electron chi connectivity index (χ2n) is 6.88. The molecule has 0 atom stereocenters. The Morgan fingerprint density at radius 1 is 1.10 bits per heavy atom. The van der Waals surface area contributed by atoms with Crippen LogP contribution in [0.2, 0.25) is 5.02 Å². The summed E-state index contributed by atoms with van der Waals surface area (Å²) in [6, 6.07) is 11.3. The summed E-state index contributed by atoms with van der Waals surface area (Å²) >= 11 is 6.10. The number of carbonyl (C=O) groups excluding carboxylic acids is 2. The lowest BCUT2D eigenvalue weighted by atomic mass is 10.1. The molecule has 0 spiro atoms. The number of benzene rings is 2. The molecule has 0 aliphatic rings. The molecule has 0 saturated carbocycles. The topological polar surface area (TPSA) is 95.6 Å². The maximum Gasteiger partial charge on any atom is 0.253 e. The number of amides is 2. The molecule has 0 heterocycles. The minimum Gasteiger partial charge on any atom is -0.350 e. The van der Waals surface area contributed by atoms with Crippen molar-refractivity contribution in [1.82, 2.24) is 5.32 Å². The lowest BCUT2D eigenvalue weighted by molar-refractivity contribution is -0.114. The van der Waals surface area contributed by atoms with Crippen LogP contribution in [-0.2, 0) is 14.8 Å².